The summed E-state index contributed by atoms with van der Waals surface area (Å²) in [4.78, 5) is 19.4. The van der Waals surface area contributed by atoms with Gasteiger partial charge in [-0.25, -0.2) is 9.97 Å². The van der Waals surface area contributed by atoms with E-state index in [9.17, 15) is 4.79 Å². The average molecular weight is 249 g/mol. The van der Waals surface area contributed by atoms with Crippen LogP contribution in [0.25, 0.3) is 0 Å². The zero-order valence-corrected chi connectivity index (χ0v) is 10.6. The van der Waals surface area contributed by atoms with Gasteiger partial charge in [-0.3, -0.25) is 4.79 Å². The Labute approximate surface area is 107 Å². The zero-order valence-electron chi connectivity index (χ0n) is 10.6. The van der Waals surface area contributed by atoms with Gasteiger partial charge in [-0.15, -0.1) is 0 Å². The summed E-state index contributed by atoms with van der Waals surface area (Å²) >= 11 is 0. The Morgan fingerprint density at radius 3 is 2.83 bits per heavy atom. The van der Waals surface area contributed by atoms with Crippen LogP contribution in [-0.2, 0) is 9.53 Å². The standard InChI is InChI=1S/C13H19N3O2/c1-18-12(17)11-8-10(9-11)4-2-5-14-13-15-6-3-7-16-13/h3,6-7,10-11H,2,4-5,8-9H2,1H3,(H,14,15,16). The van der Waals surface area contributed by atoms with E-state index in [4.69, 9.17) is 4.74 Å². The molecule has 1 aliphatic rings. The van der Waals surface area contributed by atoms with Crippen molar-refractivity contribution in [3.63, 3.8) is 0 Å². The molecule has 98 valence electrons. The number of carbonyl (C=O) groups excluding carboxylic acids is 1. The maximum Gasteiger partial charge on any atom is 0.308 e. The van der Waals surface area contributed by atoms with E-state index in [2.05, 4.69) is 15.3 Å². The van der Waals surface area contributed by atoms with Gasteiger partial charge in [0.2, 0.25) is 5.95 Å². The molecule has 1 aliphatic carbocycles. The molecule has 0 atom stereocenters. The largest absolute Gasteiger partial charge is 0.469 e. The third kappa shape index (κ3) is 3.42. The van der Waals surface area contributed by atoms with Crippen molar-refractivity contribution >= 4 is 11.9 Å². The number of anilines is 1. The predicted octanol–water partition coefficient (Wildman–Crippen LogP) is 1.87. The minimum absolute atomic E-state index is 0.0536. The van der Waals surface area contributed by atoms with Crippen LogP contribution in [0.15, 0.2) is 18.5 Å². The van der Waals surface area contributed by atoms with Gasteiger partial charge in [-0.2, -0.15) is 0 Å². The van der Waals surface area contributed by atoms with E-state index in [1.54, 1.807) is 18.5 Å². The molecule has 0 amide bonds. The molecule has 18 heavy (non-hydrogen) atoms. The Hall–Kier alpha value is -1.65. The molecule has 5 nitrogen and oxygen atoms in total. The van der Waals surface area contributed by atoms with Crippen molar-refractivity contribution < 1.29 is 9.53 Å². The van der Waals surface area contributed by atoms with Crippen molar-refractivity contribution in [2.45, 2.75) is 25.7 Å². The number of rotatable bonds is 6. The fourth-order valence-corrected chi connectivity index (χ4v) is 2.31. The number of nitrogens with one attached hydrogen (secondary N) is 1. The van der Waals surface area contributed by atoms with Gasteiger partial charge in [0.25, 0.3) is 0 Å². The summed E-state index contributed by atoms with van der Waals surface area (Å²) in [6.07, 6.45) is 7.64. The van der Waals surface area contributed by atoms with Crippen LogP contribution in [0.3, 0.4) is 0 Å². The molecule has 1 fully saturated rings. The number of nitrogens with zero attached hydrogens (tertiary/aromatic N) is 2. The van der Waals surface area contributed by atoms with E-state index in [0.29, 0.717) is 11.9 Å². The van der Waals surface area contributed by atoms with Crippen molar-refractivity contribution in [2.75, 3.05) is 19.0 Å². The lowest BCUT2D eigenvalue weighted by atomic mass is 9.73. The second-order valence-corrected chi connectivity index (χ2v) is 4.70. The molecule has 1 aromatic rings. The summed E-state index contributed by atoms with van der Waals surface area (Å²) in [5.41, 5.74) is 0. The SMILES string of the molecule is COC(=O)C1CC(CCCNc2ncccn2)C1. The molecule has 5 heteroatoms. The topological polar surface area (TPSA) is 64.1 Å². The summed E-state index contributed by atoms with van der Waals surface area (Å²) in [6, 6.07) is 1.80. The maximum absolute atomic E-state index is 11.2. The van der Waals surface area contributed by atoms with Crippen LogP contribution in [0, 0.1) is 11.8 Å². The van der Waals surface area contributed by atoms with Crippen LogP contribution in [0.5, 0.6) is 0 Å². The number of ether oxygens (including phenoxy) is 1. The minimum Gasteiger partial charge on any atom is -0.469 e. The minimum atomic E-state index is -0.0536. The normalized spacial score (nSPS) is 22.1. The van der Waals surface area contributed by atoms with Gasteiger partial charge in [0.05, 0.1) is 13.0 Å². The first-order valence-corrected chi connectivity index (χ1v) is 6.38. The zero-order chi connectivity index (χ0) is 12.8. The van der Waals surface area contributed by atoms with Crippen LogP contribution in [0.4, 0.5) is 5.95 Å². The molecule has 0 saturated heterocycles. The molecular formula is C13H19N3O2. The Morgan fingerprint density at radius 1 is 1.44 bits per heavy atom. The third-order valence-electron chi connectivity index (χ3n) is 3.41. The van der Waals surface area contributed by atoms with E-state index in [-0.39, 0.29) is 11.9 Å². The van der Waals surface area contributed by atoms with Crippen LogP contribution in [-0.4, -0.2) is 29.6 Å². The summed E-state index contributed by atoms with van der Waals surface area (Å²) in [5, 5.41) is 3.18. The molecule has 1 heterocycles. The predicted molar refractivity (Wildman–Crippen MR) is 68.0 cm³/mol. The second-order valence-electron chi connectivity index (χ2n) is 4.70. The molecular weight excluding hydrogens is 230 g/mol. The lowest BCUT2D eigenvalue weighted by Gasteiger charge is -2.33. The first kappa shape index (κ1) is 12.8. The first-order chi connectivity index (χ1) is 8.79. The van der Waals surface area contributed by atoms with Gasteiger partial charge < -0.3 is 10.1 Å². The highest BCUT2D eigenvalue weighted by molar-refractivity contribution is 5.73. The number of esters is 1. The fourth-order valence-electron chi connectivity index (χ4n) is 2.31. The van der Waals surface area contributed by atoms with E-state index in [1.807, 2.05) is 0 Å². The van der Waals surface area contributed by atoms with Gasteiger partial charge in [0.15, 0.2) is 0 Å². The van der Waals surface area contributed by atoms with Gasteiger partial charge in [-0.05, 0) is 37.7 Å². The molecule has 0 unspecified atom stereocenters. The van der Waals surface area contributed by atoms with E-state index in [1.165, 1.54) is 7.11 Å². The van der Waals surface area contributed by atoms with Gasteiger partial charge in [0, 0.05) is 18.9 Å². The molecule has 0 spiro atoms. The number of methoxy groups -OCH3 is 1. The highest BCUT2D eigenvalue weighted by Crippen LogP contribution is 2.37. The van der Waals surface area contributed by atoms with Crippen LogP contribution < -0.4 is 5.32 Å². The molecule has 1 aromatic heterocycles. The summed E-state index contributed by atoms with van der Waals surface area (Å²) in [5.74, 6) is 1.44. The number of hydrogen-bond acceptors (Lipinski definition) is 5. The van der Waals surface area contributed by atoms with Crippen molar-refractivity contribution in [3.05, 3.63) is 18.5 Å². The Kier molecular flexibility index (Phi) is 4.50. The number of carbonyl (C=O) groups is 1. The third-order valence-corrected chi connectivity index (χ3v) is 3.41. The molecule has 0 bridgehead atoms. The monoisotopic (exact) mass is 249 g/mol. The Bertz CT molecular complexity index is 377. The number of aromatic nitrogens is 2. The van der Waals surface area contributed by atoms with E-state index >= 15 is 0 Å². The van der Waals surface area contributed by atoms with E-state index in [0.717, 1.165) is 32.2 Å². The highest BCUT2D eigenvalue weighted by atomic mass is 16.5. The Balaban J connectivity index is 1.54. The maximum atomic E-state index is 11.2. The smallest absolute Gasteiger partial charge is 0.308 e. The van der Waals surface area contributed by atoms with Gasteiger partial charge >= 0.3 is 5.97 Å². The summed E-state index contributed by atoms with van der Waals surface area (Å²) in [6.45, 7) is 0.878. The summed E-state index contributed by atoms with van der Waals surface area (Å²) < 4.78 is 4.72. The van der Waals surface area contributed by atoms with Crippen molar-refractivity contribution in [2.24, 2.45) is 11.8 Å². The quantitative estimate of drug-likeness (QED) is 0.616. The lowest BCUT2D eigenvalue weighted by molar-refractivity contribution is -0.150. The fraction of sp³-hybridized carbons (Fsp3) is 0.615. The molecule has 0 aromatic carbocycles. The van der Waals surface area contributed by atoms with Crippen LogP contribution >= 0.6 is 0 Å². The van der Waals surface area contributed by atoms with Crippen LogP contribution in [0.2, 0.25) is 0 Å². The van der Waals surface area contributed by atoms with Crippen LogP contribution in [0.1, 0.15) is 25.7 Å². The second kappa shape index (κ2) is 6.33. The lowest BCUT2D eigenvalue weighted by Crippen LogP contribution is -2.31. The first-order valence-electron chi connectivity index (χ1n) is 6.38. The van der Waals surface area contributed by atoms with Crippen molar-refractivity contribution in [1.82, 2.24) is 9.97 Å². The molecule has 0 aliphatic heterocycles. The molecule has 0 radical (unpaired) electrons. The molecule has 1 saturated carbocycles. The van der Waals surface area contributed by atoms with Gasteiger partial charge in [0.1, 0.15) is 0 Å². The van der Waals surface area contributed by atoms with E-state index < -0.39 is 0 Å². The van der Waals surface area contributed by atoms with Crippen molar-refractivity contribution in [1.29, 1.82) is 0 Å². The average Bonchev–Trinajstić information content (AvgIpc) is 2.37. The molecule has 1 N–H and O–H groups in total. The van der Waals surface area contributed by atoms with Gasteiger partial charge in [-0.1, -0.05) is 0 Å². The molecule has 2 rings (SSSR count). The number of hydrogen-bond donors (Lipinski definition) is 1. The summed E-state index contributed by atoms with van der Waals surface area (Å²) in [7, 11) is 1.46. The highest BCUT2D eigenvalue weighted by Gasteiger charge is 2.34. The van der Waals surface area contributed by atoms with Crippen molar-refractivity contribution in [3.8, 4) is 0 Å². The Morgan fingerprint density at radius 2 is 2.17 bits per heavy atom.